The third-order valence-electron chi connectivity index (χ3n) is 7.87. The van der Waals surface area contributed by atoms with Crippen LogP contribution in [0.2, 0.25) is 0 Å². The van der Waals surface area contributed by atoms with Crippen LogP contribution in [0.15, 0.2) is 82.4 Å². The summed E-state index contributed by atoms with van der Waals surface area (Å²) < 4.78 is 35.3. The van der Waals surface area contributed by atoms with E-state index in [1.807, 2.05) is 43.3 Å². The first-order valence-corrected chi connectivity index (χ1v) is 16.0. The van der Waals surface area contributed by atoms with Gasteiger partial charge in [-0.05, 0) is 61.6 Å². The molecule has 2 aromatic carbocycles. The number of aromatic nitrogens is 2. The van der Waals surface area contributed by atoms with Gasteiger partial charge in [-0.2, -0.15) is 14.7 Å². The van der Waals surface area contributed by atoms with Crippen molar-refractivity contribution in [1.29, 1.82) is 5.26 Å². The molecule has 2 aliphatic heterocycles. The summed E-state index contributed by atoms with van der Waals surface area (Å²) in [4.78, 5) is 38.9. The lowest BCUT2D eigenvalue weighted by atomic mass is 9.93. The summed E-state index contributed by atoms with van der Waals surface area (Å²) in [5, 5.41) is 14.6. The summed E-state index contributed by atoms with van der Waals surface area (Å²) in [5.41, 5.74) is 2.19. The fraction of sp³-hybridized carbons (Fsp3) is 0.303. The van der Waals surface area contributed by atoms with E-state index in [0.717, 1.165) is 23.4 Å². The van der Waals surface area contributed by atoms with Gasteiger partial charge in [-0.25, -0.2) is 13.1 Å². The van der Waals surface area contributed by atoms with Crippen LogP contribution in [0.5, 0.6) is 0 Å². The van der Waals surface area contributed by atoms with E-state index < -0.39 is 27.8 Å². The first-order chi connectivity index (χ1) is 21.5. The highest BCUT2D eigenvalue weighted by atomic mass is 32.2. The van der Waals surface area contributed by atoms with Crippen molar-refractivity contribution < 1.29 is 27.5 Å². The number of nitriles is 1. The number of carbonyl (C=O) groups is 3. The minimum absolute atomic E-state index is 0.0916. The standard InChI is InChI=1S/C33H33N5O6S/c1-22-9-8-14-36(20-22)45(42,43)28-13-7-10-25(17-28)31-26(21-38(35-31)27-11-5-4-6-12-27)18-29-23(2)30(19-34)33(41)37(32(29)40)15-16-44-24(3)39/h4-7,10-13,17-18,21-22H,8-9,14-16,20H2,1-3H3/b29-18+. The van der Waals surface area contributed by atoms with Crippen molar-refractivity contribution in [2.45, 2.75) is 38.5 Å². The third-order valence-corrected chi connectivity index (χ3v) is 9.73. The minimum atomic E-state index is -3.76. The zero-order valence-corrected chi connectivity index (χ0v) is 26.1. The van der Waals surface area contributed by atoms with Crippen LogP contribution in [0.1, 0.15) is 39.2 Å². The van der Waals surface area contributed by atoms with E-state index in [2.05, 4.69) is 0 Å². The topological polar surface area (TPSA) is 143 Å². The molecule has 1 saturated heterocycles. The van der Waals surface area contributed by atoms with Crippen molar-refractivity contribution >= 4 is 33.9 Å². The number of benzene rings is 2. The molecule has 232 valence electrons. The van der Waals surface area contributed by atoms with Crippen LogP contribution in [-0.2, 0) is 29.1 Å². The molecule has 0 radical (unpaired) electrons. The Kier molecular flexibility index (Phi) is 9.13. The average molecular weight is 628 g/mol. The van der Waals surface area contributed by atoms with Gasteiger partial charge in [0.05, 0.1) is 17.1 Å². The van der Waals surface area contributed by atoms with Gasteiger partial charge in [0, 0.05) is 42.9 Å². The highest BCUT2D eigenvalue weighted by Crippen LogP contribution is 2.33. The van der Waals surface area contributed by atoms with E-state index >= 15 is 0 Å². The summed E-state index contributed by atoms with van der Waals surface area (Å²) >= 11 is 0. The Labute approximate surface area is 262 Å². The molecule has 3 heterocycles. The van der Waals surface area contributed by atoms with E-state index in [-0.39, 0.29) is 40.7 Å². The normalized spacial score (nSPS) is 18.8. The number of hydrogen-bond donors (Lipinski definition) is 0. The van der Waals surface area contributed by atoms with E-state index in [1.165, 1.54) is 18.2 Å². The average Bonchev–Trinajstić information content (AvgIpc) is 3.45. The van der Waals surface area contributed by atoms with Gasteiger partial charge in [-0.1, -0.05) is 37.3 Å². The number of hydrogen-bond acceptors (Lipinski definition) is 8. The van der Waals surface area contributed by atoms with Crippen LogP contribution >= 0.6 is 0 Å². The van der Waals surface area contributed by atoms with Crippen LogP contribution in [0.25, 0.3) is 23.0 Å². The van der Waals surface area contributed by atoms with E-state index in [4.69, 9.17) is 9.84 Å². The van der Waals surface area contributed by atoms with Crippen LogP contribution in [-0.4, -0.2) is 71.4 Å². The Hall–Kier alpha value is -4.86. The number of para-hydroxylation sites is 1. The summed E-state index contributed by atoms with van der Waals surface area (Å²) in [6, 6.07) is 17.7. The quantitative estimate of drug-likeness (QED) is 0.206. The molecule has 0 saturated carbocycles. The number of amides is 2. The van der Waals surface area contributed by atoms with Crippen LogP contribution < -0.4 is 0 Å². The van der Waals surface area contributed by atoms with Crippen molar-refractivity contribution in [1.82, 2.24) is 19.0 Å². The highest BCUT2D eigenvalue weighted by Gasteiger charge is 2.36. The fourth-order valence-corrected chi connectivity index (χ4v) is 7.16. The Morgan fingerprint density at radius 2 is 1.89 bits per heavy atom. The van der Waals surface area contributed by atoms with Gasteiger partial charge in [-0.15, -0.1) is 0 Å². The highest BCUT2D eigenvalue weighted by molar-refractivity contribution is 7.89. The van der Waals surface area contributed by atoms with Crippen molar-refractivity contribution in [3.05, 3.63) is 83.1 Å². The van der Waals surface area contributed by atoms with Gasteiger partial charge in [-0.3, -0.25) is 19.3 Å². The SMILES string of the molecule is CC(=O)OCCN1C(=O)C(C#N)=C(C)/C(=C\c2cn(-c3ccccc3)nc2-c2cccc(S(=O)(=O)N3CCCC(C)C3)c2)C1=O. The van der Waals surface area contributed by atoms with Gasteiger partial charge in [0.25, 0.3) is 11.8 Å². The number of nitrogens with zero attached hydrogens (tertiary/aromatic N) is 5. The van der Waals surface area contributed by atoms with Crippen LogP contribution in [0.4, 0.5) is 0 Å². The second-order valence-electron chi connectivity index (χ2n) is 11.1. The maximum atomic E-state index is 13.6. The van der Waals surface area contributed by atoms with Gasteiger partial charge in [0.2, 0.25) is 10.0 Å². The molecule has 2 amide bonds. The largest absolute Gasteiger partial charge is 0.464 e. The number of piperidine rings is 1. The number of carbonyl (C=O) groups excluding carboxylic acids is 3. The van der Waals surface area contributed by atoms with Crippen molar-refractivity contribution in [3.8, 4) is 23.0 Å². The maximum Gasteiger partial charge on any atom is 0.302 e. The summed E-state index contributed by atoms with van der Waals surface area (Å²) in [6.45, 7) is 5.25. The predicted molar refractivity (Wildman–Crippen MR) is 166 cm³/mol. The monoisotopic (exact) mass is 627 g/mol. The Bertz CT molecular complexity index is 1870. The molecule has 3 aromatic rings. The first kappa shape index (κ1) is 31.6. The molecule has 1 fully saturated rings. The smallest absolute Gasteiger partial charge is 0.302 e. The summed E-state index contributed by atoms with van der Waals surface area (Å²) in [6.07, 6.45) is 5.03. The molecule has 45 heavy (non-hydrogen) atoms. The van der Waals surface area contributed by atoms with Crippen LogP contribution in [0, 0.1) is 17.2 Å². The van der Waals surface area contributed by atoms with E-state index in [1.54, 1.807) is 41.2 Å². The second-order valence-corrected chi connectivity index (χ2v) is 13.1. The maximum absolute atomic E-state index is 13.6. The molecule has 1 atom stereocenters. The van der Waals surface area contributed by atoms with Crippen LogP contribution in [0.3, 0.4) is 0 Å². The number of imide groups is 1. The van der Waals surface area contributed by atoms with Gasteiger partial charge in [0.15, 0.2) is 0 Å². The zero-order chi connectivity index (χ0) is 32.3. The Morgan fingerprint density at radius 1 is 1.13 bits per heavy atom. The van der Waals surface area contributed by atoms with Gasteiger partial charge in [0.1, 0.15) is 23.9 Å². The fourth-order valence-electron chi connectivity index (χ4n) is 5.52. The number of sulfonamides is 1. The molecule has 1 unspecified atom stereocenters. The lowest BCUT2D eigenvalue weighted by Crippen LogP contribution is -2.44. The minimum Gasteiger partial charge on any atom is -0.464 e. The Morgan fingerprint density at radius 3 is 2.58 bits per heavy atom. The lowest BCUT2D eigenvalue weighted by Gasteiger charge is -2.30. The summed E-state index contributed by atoms with van der Waals surface area (Å²) in [7, 11) is -3.76. The number of esters is 1. The zero-order valence-electron chi connectivity index (χ0n) is 25.3. The molecule has 0 aliphatic carbocycles. The van der Waals surface area contributed by atoms with Crippen molar-refractivity contribution in [3.63, 3.8) is 0 Å². The lowest BCUT2D eigenvalue weighted by molar-refractivity contribution is -0.147. The van der Waals surface area contributed by atoms with E-state index in [0.29, 0.717) is 29.9 Å². The molecule has 0 spiro atoms. The molecule has 0 N–H and O–H groups in total. The molecule has 12 heteroatoms. The molecule has 11 nitrogen and oxygen atoms in total. The molecule has 0 bridgehead atoms. The number of rotatable bonds is 8. The summed E-state index contributed by atoms with van der Waals surface area (Å²) in [5.74, 6) is -1.72. The van der Waals surface area contributed by atoms with Crippen molar-refractivity contribution in [2.24, 2.45) is 5.92 Å². The molecule has 5 rings (SSSR count). The van der Waals surface area contributed by atoms with Gasteiger partial charge >= 0.3 is 5.97 Å². The third kappa shape index (κ3) is 6.50. The molecule has 1 aromatic heterocycles. The Balaban J connectivity index is 1.62. The van der Waals surface area contributed by atoms with Crippen molar-refractivity contribution in [2.75, 3.05) is 26.2 Å². The molecular formula is C33H33N5O6S. The predicted octanol–water partition coefficient (Wildman–Crippen LogP) is 4.12. The first-order valence-electron chi connectivity index (χ1n) is 14.6. The number of ether oxygens (including phenoxy) is 1. The van der Waals surface area contributed by atoms with Gasteiger partial charge < -0.3 is 4.74 Å². The molecule has 2 aliphatic rings. The molecular weight excluding hydrogens is 594 g/mol. The second kappa shape index (κ2) is 13.0. The van der Waals surface area contributed by atoms with E-state index in [9.17, 15) is 28.1 Å².